The molecule has 0 amide bonds. The molecule has 0 fully saturated rings. The molecule has 0 aliphatic heterocycles. The van der Waals surface area contributed by atoms with Crippen molar-refractivity contribution >= 4 is 23.7 Å². The van der Waals surface area contributed by atoms with Crippen molar-refractivity contribution in [2.24, 2.45) is 0 Å². The highest BCUT2D eigenvalue weighted by Crippen LogP contribution is 2.26. The van der Waals surface area contributed by atoms with Crippen LogP contribution < -0.4 is 0 Å². The highest BCUT2D eigenvalue weighted by atomic mass is 32.2. The molecule has 2 rings (SSSR count). The van der Waals surface area contributed by atoms with Crippen molar-refractivity contribution in [1.82, 2.24) is 8.96 Å². The monoisotopic (exact) mass is 262 g/mol. The van der Waals surface area contributed by atoms with E-state index < -0.39 is 0 Å². The van der Waals surface area contributed by atoms with E-state index in [4.69, 9.17) is 0 Å². The zero-order valence-electron chi connectivity index (χ0n) is 9.45. The molecule has 1 aromatic heterocycles. The molecule has 0 bridgehead atoms. The summed E-state index contributed by atoms with van der Waals surface area (Å²) in [5.74, 6) is 1.91. The maximum absolute atomic E-state index is 4.03. The smallest absolute Gasteiger partial charge is 0.105 e. The first-order valence-electron chi connectivity index (χ1n) is 5.33. The fourth-order valence-electron chi connectivity index (χ4n) is 1.38. The normalized spacial score (nSPS) is 10.4. The van der Waals surface area contributed by atoms with Crippen molar-refractivity contribution in [3.05, 3.63) is 61.2 Å². The van der Waals surface area contributed by atoms with E-state index in [1.165, 1.54) is 10.5 Å². The van der Waals surface area contributed by atoms with Gasteiger partial charge in [0, 0.05) is 28.8 Å². The fourth-order valence-corrected chi connectivity index (χ4v) is 3.07. The van der Waals surface area contributed by atoms with E-state index in [-0.39, 0.29) is 0 Å². The van der Waals surface area contributed by atoms with E-state index in [0.717, 1.165) is 11.5 Å². The van der Waals surface area contributed by atoms with Crippen LogP contribution in [-0.2, 0) is 5.75 Å². The Morgan fingerprint density at radius 2 is 2.24 bits per heavy atom. The van der Waals surface area contributed by atoms with E-state index >= 15 is 0 Å². The maximum Gasteiger partial charge on any atom is 0.105 e. The lowest BCUT2D eigenvalue weighted by atomic mass is 10.2. The van der Waals surface area contributed by atoms with Gasteiger partial charge in [-0.15, -0.1) is 18.3 Å². The van der Waals surface area contributed by atoms with Crippen molar-refractivity contribution in [2.45, 2.75) is 10.6 Å². The van der Waals surface area contributed by atoms with Gasteiger partial charge in [-0.25, -0.2) is 4.98 Å². The number of benzene rings is 1. The number of thioether (sulfide) groups is 1. The highest BCUT2D eigenvalue weighted by Gasteiger charge is 2.02. The van der Waals surface area contributed by atoms with Gasteiger partial charge in [-0.2, -0.15) is 0 Å². The van der Waals surface area contributed by atoms with E-state index in [9.17, 15) is 0 Å². The van der Waals surface area contributed by atoms with Crippen LogP contribution in [0.4, 0.5) is 0 Å². The molecular formula is C13H14N2S2. The minimum atomic E-state index is 0.951. The summed E-state index contributed by atoms with van der Waals surface area (Å²) in [6.45, 7) is 3.75. The number of rotatable bonds is 6. The van der Waals surface area contributed by atoms with E-state index in [1.807, 2.05) is 34.3 Å². The average Bonchev–Trinajstić information content (AvgIpc) is 2.88. The molecule has 2 aromatic rings. The zero-order chi connectivity index (χ0) is 11.9. The molecule has 88 valence electrons. The summed E-state index contributed by atoms with van der Waals surface area (Å²) in [5.41, 5.74) is 1.36. The van der Waals surface area contributed by atoms with Crippen LogP contribution in [0, 0.1) is 0 Å². The van der Waals surface area contributed by atoms with E-state index in [2.05, 4.69) is 35.8 Å². The summed E-state index contributed by atoms with van der Waals surface area (Å²) in [7, 11) is 0. The molecule has 0 aliphatic rings. The second-order valence-electron chi connectivity index (χ2n) is 3.40. The summed E-state index contributed by atoms with van der Waals surface area (Å²) in [4.78, 5) is 5.36. The lowest BCUT2D eigenvalue weighted by molar-refractivity contribution is 1.20. The van der Waals surface area contributed by atoms with Crippen molar-refractivity contribution in [2.75, 3.05) is 5.75 Å². The Kier molecular flexibility index (Phi) is 4.76. The first-order valence-corrected chi connectivity index (χ1v) is 7.26. The molecule has 1 aromatic carbocycles. The van der Waals surface area contributed by atoms with Gasteiger partial charge in [0.25, 0.3) is 0 Å². The number of hydrogen-bond donors (Lipinski definition) is 0. The van der Waals surface area contributed by atoms with Gasteiger partial charge in [0.2, 0.25) is 0 Å². The molecule has 0 unspecified atom stereocenters. The number of hydrogen-bond acceptors (Lipinski definition) is 3. The third-order valence-corrected chi connectivity index (χ3v) is 4.24. The van der Waals surface area contributed by atoms with Crippen molar-refractivity contribution in [3.8, 4) is 0 Å². The largest absolute Gasteiger partial charge is 0.280 e. The highest BCUT2D eigenvalue weighted by molar-refractivity contribution is 7.99. The Morgan fingerprint density at radius 1 is 1.35 bits per heavy atom. The lowest BCUT2D eigenvalue weighted by Crippen LogP contribution is -1.89. The topological polar surface area (TPSA) is 17.8 Å². The van der Waals surface area contributed by atoms with Gasteiger partial charge in [-0.1, -0.05) is 24.3 Å². The fraction of sp³-hybridized carbons (Fsp3) is 0.154. The van der Waals surface area contributed by atoms with Gasteiger partial charge in [-0.3, -0.25) is 3.97 Å². The second kappa shape index (κ2) is 6.57. The summed E-state index contributed by atoms with van der Waals surface area (Å²) < 4.78 is 2.02. The Bertz CT molecular complexity index is 466. The predicted molar refractivity (Wildman–Crippen MR) is 76.3 cm³/mol. The molecule has 17 heavy (non-hydrogen) atoms. The minimum absolute atomic E-state index is 0.951. The third-order valence-electron chi connectivity index (χ3n) is 2.18. The van der Waals surface area contributed by atoms with Crippen LogP contribution in [0.5, 0.6) is 0 Å². The molecule has 0 N–H and O–H groups in total. The molecule has 0 spiro atoms. The number of imidazole rings is 1. The van der Waals surface area contributed by atoms with Gasteiger partial charge in [0.15, 0.2) is 0 Å². The van der Waals surface area contributed by atoms with Crippen molar-refractivity contribution in [1.29, 1.82) is 0 Å². The van der Waals surface area contributed by atoms with E-state index in [1.54, 1.807) is 18.1 Å². The molecular weight excluding hydrogens is 248 g/mol. The Balaban J connectivity index is 2.01. The molecule has 0 atom stereocenters. The molecule has 0 saturated carbocycles. The van der Waals surface area contributed by atoms with Gasteiger partial charge >= 0.3 is 0 Å². The van der Waals surface area contributed by atoms with Gasteiger partial charge < -0.3 is 0 Å². The van der Waals surface area contributed by atoms with Crippen LogP contribution in [0.15, 0.2) is 60.5 Å². The first-order chi connectivity index (χ1) is 8.40. The number of nitrogens with zero attached hydrogens (tertiary/aromatic N) is 2. The Labute approximate surface area is 110 Å². The second-order valence-corrected chi connectivity index (χ2v) is 5.43. The molecule has 0 saturated heterocycles. The van der Waals surface area contributed by atoms with Crippen LogP contribution in [0.1, 0.15) is 5.56 Å². The van der Waals surface area contributed by atoms with Crippen LogP contribution in [0.3, 0.4) is 0 Å². The minimum Gasteiger partial charge on any atom is -0.280 e. The van der Waals surface area contributed by atoms with Crippen LogP contribution in [0.2, 0.25) is 0 Å². The SMILES string of the molecule is C=CCSc1ccccc1CSn1ccnc1. The molecule has 0 aliphatic carbocycles. The Morgan fingerprint density at radius 3 is 3.00 bits per heavy atom. The van der Waals surface area contributed by atoms with Crippen LogP contribution in [0.25, 0.3) is 0 Å². The Hall–Kier alpha value is -1.13. The average molecular weight is 262 g/mol. The molecule has 4 heteroatoms. The molecule has 2 nitrogen and oxygen atoms in total. The quantitative estimate of drug-likeness (QED) is 0.581. The van der Waals surface area contributed by atoms with Gasteiger partial charge in [0.05, 0.1) is 0 Å². The van der Waals surface area contributed by atoms with E-state index in [0.29, 0.717) is 0 Å². The predicted octanol–water partition coefficient (Wildman–Crippen LogP) is 3.86. The standard InChI is InChI=1S/C13H14N2S2/c1-2-9-16-13-6-4-3-5-12(13)10-17-15-8-7-14-11-15/h2-8,11H,1,9-10H2. The first kappa shape index (κ1) is 12.3. The van der Waals surface area contributed by atoms with Crippen LogP contribution in [-0.4, -0.2) is 14.7 Å². The third kappa shape index (κ3) is 3.68. The molecule has 0 radical (unpaired) electrons. The summed E-state index contributed by atoms with van der Waals surface area (Å²) in [6.07, 6.45) is 7.52. The maximum atomic E-state index is 4.03. The zero-order valence-corrected chi connectivity index (χ0v) is 11.1. The summed E-state index contributed by atoms with van der Waals surface area (Å²) in [6, 6.07) is 8.51. The van der Waals surface area contributed by atoms with Crippen LogP contribution >= 0.6 is 23.7 Å². The van der Waals surface area contributed by atoms with Gasteiger partial charge in [0.1, 0.15) is 6.33 Å². The molecule has 1 heterocycles. The van der Waals surface area contributed by atoms with Crippen molar-refractivity contribution in [3.63, 3.8) is 0 Å². The number of aromatic nitrogens is 2. The lowest BCUT2D eigenvalue weighted by Gasteiger charge is -2.07. The van der Waals surface area contributed by atoms with Crippen molar-refractivity contribution < 1.29 is 0 Å². The van der Waals surface area contributed by atoms with Gasteiger partial charge in [-0.05, 0) is 23.6 Å². The summed E-state index contributed by atoms with van der Waals surface area (Å²) >= 11 is 3.57. The summed E-state index contributed by atoms with van der Waals surface area (Å²) in [5, 5.41) is 0.